The van der Waals surface area contributed by atoms with E-state index in [1.165, 1.54) is 0 Å². The summed E-state index contributed by atoms with van der Waals surface area (Å²) in [4.78, 5) is 32.6. The molecule has 184 valence electrons. The number of benzene rings is 2. The summed E-state index contributed by atoms with van der Waals surface area (Å²) < 4.78 is 29.5. The van der Waals surface area contributed by atoms with Crippen molar-refractivity contribution in [1.29, 1.82) is 0 Å². The molecule has 1 aliphatic heterocycles. The van der Waals surface area contributed by atoms with E-state index in [4.69, 9.17) is 9.72 Å². The number of para-hydroxylation sites is 1. The van der Waals surface area contributed by atoms with Gasteiger partial charge >= 0.3 is 5.97 Å². The predicted octanol–water partition coefficient (Wildman–Crippen LogP) is 4.18. The van der Waals surface area contributed by atoms with Crippen molar-refractivity contribution in [3.63, 3.8) is 0 Å². The van der Waals surface area contributed by atoms with Crippen molar-refractivity contribution in [2.24, 2.45) is 0 Å². The maximum atomic E-state index is 13.2. The summed E-state index contributed by atoms with van der Waals surface area (Å²) in [5, 5.41) is 0.640. The van der Waals surface area contributed by atoms with Gasteiger partial charge in [0.2, 0.25) is 0 Å². The molecule has 8 heteroatoms. The molecule has 0 N–H and O–H groups in total. The Kier molecular flexibility index (Phi) is 7.21. The Morgan fingerprint density at radius 2 is 1.86 bits per heavy atom. The molecule has 1 fully saturated rings. The lowest BCUT2D eigenvalue weighted by atomic mass is 10.0. The number of aryl methyl sites for hydroxylation is 1. The molecule has 0 radical (unpaired) electrons. The second-order valence-electron chi connectivity index (χ2n) is 9.13. The highest BCUT2D eigenvalue weighted by Crippen LogP contribution is 2.26. The Hall–Kier alpha value is -3.26. The molecular formula is C27H30N2O5S. The number of hydrogen-bond donors (Lipinski definition) is 0. The molecule has 2 aromatic carbocycles. The number of carbonyl (C=O) groups is 2. The van der Waals surface area contributed by atoms with Gasteiger partial charge in [-0.05, 0) is 38.8 Å². The molecule has 7 nitrogen and oxygen atoms in total. The Bertz CT molecular complexity index is 1350. The van der Waals surface area contributed by atoms with E-state index < -0.39 is 28.5 Å². The number of fused-ring (bicyclic) bond motifs is 1. The maximum absolute atomic E-state index is 13.2. The molecule has 2 heterocycles. The Morgan fingerprint density at radius 1 is 1.14 bits per heavy atom. The normalized spacial score (nSPS) is 17.7. The van der Waals surface area contributed by atoms with Crippen molar-refractivity contribution in [3.8, 4) is 11.3 Å². The van der Waals surface area contributed by atoms with Crippen molar-refractivity contribution in [3.05, 3.63) is 65.7 Å². The largest absolute Gasteiger partial charge is 0.452 e. The summed E-state index contributed by atoms with van der Waals surface area (Å²) in [5.74, 6) is -0.977. The van der Waals surface area contributed by atoms with E-state index in [2.05, 4.69) is 0 Å². The van der Waals surface area contributed by atoms with Gasteiger partial charge < -0.3 is 9.64 Å². The second kappa shape index (κ2) is 10.2. The van der Waals surface area contributed by atoms with Crippen LogP contribution >= 0.6 is 0 Å². The Balaban J connectivity index is 1.58. The average molecular weight is 495 g/mol. The van der Waals surface area contributed by atoms with Crippen molar-refractivity contribution in [2.75, 3.05) is 18.1 Å². The first-order chi connectivity index (χ1) is 16.7. The number of ether oxygens (including phenoxy) is 1. The molecule has 0 aliphatic carbocycles. The van der Waals surface area contributed by atoms with Crippen LogP contribution in [0.4, 0.5) is 0 Å². The van der Waals surface area contributed by atoms with Crippen LogP contribution in [0.15, 0.2) is 54.6 Å². The van der Waals surface area contributed by atoms with Crippen LogP contribution < -0.4 is 0 Å². The van der Waals surface area contributed by atoms with E-state index in [1.54, 1.807) is 17.0 Å². The van der Waals surface area contributed by atoms with Crippen LogP contribution in [0.25, 0.3) is 22.2 Å². The number of esters is 1. The number of amides is 1. The zero-order chi connectivity index (χ0) is 25.2. The van der Waals surface area contributed by atoms with Gasteiger partial charge in [0.05, 0.1) is 28.3 Å². The number of nitrogens with zero attached hydrogens (tertiary/aromatic N) is 2. The highest BCUT2D eigenvalue weighted by atomic mass is 32.2. The topological polar surface area (TPSA) is 93.6 Å². The maximum Gasteiger partial charge on any atom is 0.339 e. The molecule has 4 rings (SSSR count). The zero-order valence-corrected chi connectivity index (χ0v) is 21.0. The van der Waals surface area contributed by atoms with Crippen LogP contribution in [0.5, 0.6) is 0 Å². The van der Waals surface area contributed by atoms with Gasteiger partial charge in [0.15, 0.2) is 16.4 Å². The van der Waals surface area contributed by atoms with Crippen molar-refractivity contribution in [1.82, 2.24) is 9.88 Å². The smallest absolute Gasteiger partial charge is 0.339 e. The molecule has 2 atom stereocenters. The molecule has 1 aromatic heterocycles. The van der Waals surface area contributed by atoms with E-state index in [0.717, 1.165) is 11.1 Å². The highest BCUT2D eigenvalue weighted by molar-refractivity contribution is 7.91. The molecule has 3 aromatic rings. The standard InChI is InChI=1S/C27H30N2O5S/c1-4-19(3)29(21-13-14-35(32,33)17-21)26(30)16-34-27(31)23-15-25(20-11-9-18(2)10-12-20)28-24-8-6-5-7-22(23)24/h5-12,15,19,21H,4,13-14,16-17H2,1-3H3/t19-,21-/m0/s1. The van der Waals surface area contributed by atoms with E-state index >= 15 is 0 Å². The first-order valence-electron chi connectivity index (χ1n) is 11.8. The van der Waals surface area contributed by atoms with Crippen molar-refractivity contribution in [2.45, 2.75) is 45.7 Å². The number of carbonyl (C=O) groups excluding carboxylic acids is 2. The zero-order valence-electron chi connectivity index (χ0n) is 20.2. The number of rotatable bonds is 7. The summed E-state index contributed by atoms with van der Waals surface area (Å²) in [6, 6.07) is 16.3. The minimum Gasteiger partial charge on any atom is -0.452 e. The van der Waals surface area contributed by atoms with Gasteiger partial charge in [0.1, 0.15) is 0 Å². The first kappa shape index (κ1) is 24.9. The average Bonchev–Trinajstić information content (AvgIpc) is 3.21. The number of aromatic nitrogens is 1. The fraction of sp³-hybridized carbons (Fsp3) is 0.370. The van der Waals surface area contributed by atoms with Crippen LogP contribution in [0.1, 0.15) is 42.6 Å². The summed E-state index contributed by atoms with van der Waals surface area (Å²) in [6.07, 6.45) is 1.08. The van der Waals surface area contributed by atoms with Crippen LogP contribution in [0, 0.1) is 6.92 Å². The van der Waals surface area contributed by atoms with Crippen LogP contribution in [-0.4, -0.2) is 60.4 Å². The quantitative estimate of drug-likeness (QED) is 0.458. The summed E-state index contributed by atoms with van der Waals surface area (Å²) in [7, 11) is -3.16. The molecule has 0 saturated carbocycles. The van der Waals surface area contributed by atoms with Gasteiger partial charge in [-0.2, -0.15) is 0 Å². The minimum atomic E-state index is -3.16. The second-order valence-corrected chi connectivity index (χ2v) is 11.4. The molecule has 0 unspecified atom stereocenters. The SMILES string of the molecule is CC[C@H](C)N(C(=O)COC(=O)c1cc(-c2ccc(C)cc2)nc2ccccc12)[C@H]1CCS(=O)(=O)C1. The van der Waals surface area contributed by atoms with Gasteiger partial charge in [0.25, 0.3) is 5.91 Å². The van der Waals surface area contributed by atoms with Crippen LogP contribution in [0.2, 0.25) is 0 Å². The van der Waals surface area contributed by atoms with Gasteiger partial charge in [-0.25, -0.2) is 18.2 Å². The van der Waals surface area contributed by atoms with E-state index in [9.17, 15) is 18.0 Å². The summed E-state index contributed by atoms with van der Waals surface area (Å²) >= 11 is 0. The number of hydrogen-bond acceptors (Lipinski definition) is 6. The molecule has 35 heavy (non-hydrogen) atoms. The van der Waals surface area contributed by atoms with E-state index in [1.807, 2.05) is 63.2 Å². The van der Waals surface area contributed by atoms with Gasteiger partial charge in [-0.3, -0.25) is 4.79 Å². The van der Waals surface area contributed by atoms with E-state index in [-0.39, 0.29) is 23.5 Å². The third-order valence-corrected chi connectivity index (χ3v) is 8.32. The van der Waals surface area contributed by atoms with E-state index in [0.29, 0.717) is 35.0 Å². The molecule has 0 spiro atoms. The Morgan fingerprint density at radius 3 is 2.51 bits per heavy atom. The monoisotopic (exact) mass is 494 g/mol. The first-order valence-corrected chi connectivity index (χ1v) is 13.7. The third kappa shape index (κ3) is 5.53. The molecule has 1 aliphatic rings. The van der Waals surface area contributed by atoms with Crippen LogP contribution in [0.3, 0.4) is 0 Å². The van der Waals surface area contributed by atoms with Gasteiger partial charge in [-0.1, -0.05) is 55.0 Å². The lowest BCUT2D eigenvalue weighted by Gasteiger charge is -2.33. The summed E-state index contributed by atoms with van der Waals surface area (Å²) in [5.41, 5.74) is 3.61. The van der Waals surface area contributed by atoms with Crippen LogP contribution in [-0.2, 0) is 19.4 Å². The van der Waals surface area contributed by atoms with Gasteiger partial charge in [-0.15, -0.1) is 0 Å². The predicted molar refractivity (Wildman–Crippen MR) is 136 cm³/mol. The number of sulfone groups is 1. The summed E-state index contributed by atoms with van der Waals surface area (Å²) in [6.45, 7) is 5.38. The third-order valence-electron chi connectivity index (χ3n) is 6.57. The van der Waals surface area contributed by atoms with Crippen molar-refractivity contribution >= 4 is 32.6 Å². The molecule has 1 amide bonds. The highest BCUT2D eigenvalue weighted by Gasteiger charge is 2.36. The fourth-order valence-electron chi connectivity index (χ4n) is 4.50. The molecular weight excluding hydrogens is 464 g/mol. The lowest BCUT2D eigenvalue weighted by Crippen LogP contribution is -2.48. The Labute approximate surface area is 206 Å². The fourth-order valence-corrected chi connectivity index (χ4v) is 6.21. The minimum absolute atomic E-state index is 0.0497. The van der Waals surface area contributed by atoms with Gasteiger partial charge in [0, 0.05) is 23.0 Å². The molecule has 1 saturated heterocycles. The number of pyridine rings is 1. The van der Waals surface area contributed by atoms with Crippen molar-refractivity contribution < 1.29 is 22.7 Å². The lowest BCUT2D eigenvalue weighted by molar-refractivity contribution is -0.138. The molecule has 0 bridgehead atoms.